The first kappa shape index (κ1) is 13.6. The maximum Gasteiger partial charge on any atom is 0.230 e. The van der Waals surface area contributed by atoms with Gasteiger partial charge in [-0.25, -0.2) is 0 Å². The van der Waals surface area contributed by atoms with Gasteiger partial charge in [-0.2, -0.15) is 0 Å². The minimum absolute atomic E-state index is 0.0801. The van der Waals surface area contributed by atoms with Gasteiger partial charge in [-0.05, 0) is 42.9 Å². The highest BCUT2D eigenvalue weighted by Gasteiger charge is 2.37. The fraction of sp³-hybridized carbons (Fsp3) is 0.588. The van der Waals surface area contributed by atoms with Crippen LogP contribution in [0.1, 0.15) is 42.7 Å². The largest absolute Gasteiger partial charge is 0.342 e. The summed E-state index contributed by atoms with van der Waals surface area (Å²) in [5.41, 5.74) is 8.45. The highest BCUT2D eigenvalue weighted by Crippen LogP contribution is 2.37. The highest BCUT2D eigenvalue weighted by molar-refractivity contribution is 5.87. The van der Waals surface area contributed by atoms with E-state index in [-0.39, 0.29) is 11.8 Å². The third kappa shape index (κ3) is 2.24. The maximum atomic E-state index is 12.7. The quantitative estimate of drug-likeness (QED) is 0.917. The number of benzene rings is 1. The Kier molecular flexibility index (Phi) is 3.79. The molecule has 0 aromatic heterocycles. The van der Waals surface area contributed by atoms with Gasteiger partial charge in [0.2, 0.25) is 5.91 Å². The molecular weight excluding hydrogens is 248 g/mol. The van der Waals surface area contributed by atoms with Gasteiger partial charge >= 0.3 is 0 Å². The van der Waals surface area contributed by atoms with Crippen molar-refractivity contribution in [3.63, 3.8) is 0 Å². The zero-order valence-electron chi connectivity index (χ0n) is 12.2. The summed E-state index contributed by atoms with van der Waals surface area (Å²) in [5.74, 6) is 0.846. The number of rotatable bonds is 3. The molecule has 0 bridgehead atoms. The highest BCUT2D eigenvalue weighted by atomic mass is 16.2. The monoisotopic (exact) mass is 272 g/mol. The second-order valence-electron chi connectivity index (χ2n) is 6.25. The van der Waals surface area contributed by atoms with E-state index in [1.54, 1.807) is 0 Å². The number of carbonyl (C=O) groups excluding carboxylic acids is 1. The van der Waals surface area contributed by atoms with Gasteiger partial charge in [-0.1, -0.05) is 37.1 Å². The molecule has 2 aliphatic carbocycles. The first-order chi connectivity index (χ1) is 9.72. The van der Waals surface area contributed by atoms with Gasteiger partial charge < -0.3 is 10.6 Å². The standard InChI is InChI=1S/C17H24N2O/c1-19(16-9-5-3-7-13(16)11-18)17(20)15-10-12-6-2-4-8-14(12)15/h2,4,6,8,13,15-16H,3,5,7,9-11,18H2,1H3. The van der Waals surface area contributed by atoms with Crippen molar-refractivity contribution < 1.29 is 4.79 Å². The van der Waals surface area contributed by atoms with Gasteiger partial charge in [0.1, 0.15) is 0 Å². The lowest BCUT2D eigenvalue weighted by Gasteiger charge is -2.41. The van der Waals surface area contributed by atoms with Crippen molar-refractivity contribution in [2.75, 3.05) is 13.6 Å². The van der Waals surface area contributed by atoms with Gasteiger partial charge in [0.05, 0.1) is 5.92 Å². The van der Waals surface area contributed by atoms with Crippen LogP contribution in [-0.4, -0.2) is 30.4 Å². The Balaban J connectivity index is 1.71. The van der Waals surface area contributed by atoms with E-state index in [0.717, 1.165) is 12.8 Å². The van der Waals surface area contributed by atoms with Crippen LogP contribution in [0.25, 0.3) is 0 Å². The molecule has 20 heavy (non-hydrogen) atoms. The molecule has 3 nitrogen and oxygen atoms in total. The molecule has 0 heterocycles. The molecule has 3 unspecified atom stereocenters. The molecule has 2 aliphatic rings. The lowest BCUT2D eigenvalue weighted by Crippen LogP contribution is -2.48. The summed E-state index contributed by atoms with van der Waals surface area (Å²) >= 11 is 0. The number of likely N-dealkylation sites (N-methyl/N-ethyl adjacent to an activating group) is 1. The maximum absolute atomic E-state index is 12.7. The fourth-order valence-electron chi connectivity index (χ4n) is 3.86. The van der Waals surface area contributed by atoms with Crippen molar-refractivity contribution in [1.82, 2.24) is 4.90 Å². The molecule has 0 spiro atoms. The zero-order chi connectivity index (χ0) is 14.1. The van der Waals surface area contributed by atoms with E-state index in [1.165, 1.54) is 30.4 Å². The number of hydrogen-bond acceptors (Lipinski definition) is 2. The minimum Gasteiger partial charge on any atom is -0.342 e. The Hall–Kier alpha value is -1.35. The number of amides is 1. The molecule has 3 atom stereocenters. The van der Waals surface area contributed by atoms with Crippen LogP contribution in [0.15, 0.2) is 24.3 Å². The molecule has 0 aliphatic heterocycles. The molecule has 2 N–H and O–H groups in total. The molecule has 1 fully saturated rings. The van der Waals surface area contributed by atoms with Gasteiger partial charge in [-0.3, -0.25) is 4.79 Å². The Bertz CT molecular complexity index is 500. The Labute approximate surface area is 121 Å². The van der Waals surface area contributed by atoms with Crippen molar-refractivity contribution in [3.05, 3.63) is 35.4 Å². The second-order valence-corrected chi connectivity index (χ2v) is 6.25. The molecule has 108 valence electrons. The molecular formula is C17H24N2O. The van der Waals surface area contributed by atoms with Crippen LogP contribution in [0, 0.1) is 5.92 Å². The van der Waals surface area contributed by atoms with E-state index in [4.69, 9.17) is 5.73 Å². The third-order valence-electron chi connectivity index (χ3n) is 5.17. The van der Waals surface area contributed by atoms with Gasteiger partial charge in [0.25, 0.3) is 0 Å². The lowest BCUT2D eigenvalue weighted by atomic mass is 9.76. The van der Waals surface area contributed by atoms with E-state index >= 15 is 0 Å². The summed E-state index contributed by atoms with van der Waals surface area (Å²) in [6.07, 6.45) is 5.66. The van der Waals surface area contributed by atoms with Crippen LogP contribution >= 0.6 is 0 Å². The third-order valence-corrected chi connectivity index (χ3v) is 5.17. The average molecular weight is 272 g/mol. The number of nitrogens with two attached hydrogens (primary N) is 1. The predicted octanol–water partition coefficient (Wildman–Crippen LogP) is 2.30. The van der Waals surface area contributed by atoms with E-state index < -0.39 is 0 Å². The van der Waals surface area contributed by atoms with Crippen molar-refractivity contribution in [1.29, 1.82) is 0 Å². The number of hydrogen-bond donors (Lipinski definition) is 1. The number of fused-ring (bicyclic) bond motifs is 1. The van der Waals surface area contributed by atoms with Crippen LogP contribution < -0.4 is 5.73 Å². The molecule has 1 aromatic carbocycles. The van der Waals surface area contributed by atoms with Crippen molar-refractivity contribution in [3.8, 4) is 0 Å². The van der Waals surface area contributed by atoms with Crippen LogP contribution in [0.5, 0.6) is 0 Å². The second kappa shape index (κ2) is 5.57. The molecule has 1 amide bonds. The number of carbonyl (C=O) groups is 1. The summed E-state index contributed by atoms with van der Waals surface area (Å²) in [7, 11) is 1.97. The summed E-state index contributed by atoms with van der Waals surface area (Å²) in [6, 6.07) is 8.64. The normalized spacial score (nSPS) is 28.4. The smallest absolute Gasteiger partial charge is 0.230 e. The van der Waals surface area contributed by atoms with E-state index in [2.05, 4.69) is 18.2 Å². The Morgan fingerprint density at radius 1 is 1.30 bits per heavy atom. The lowest BCUT2D eigenvalue weighted by molar-refractivity contribution is -0.135. The SMILES string of the molecule is CN(C(=O)C1Cc2ccccc21)C1CCCCC1CN. The summed E-state index contributed by atoms with van der Waals surface area (Å²) in [5, 5.41) is 0. The van der Waals surface area contributed by atoms with Gasteiger partial charge in [-0.15, -0.1) is 0 Å². The first-order valence-electron chi connectivity index (χ1n) is 7.77. The van der Waals surface area contributed by atoms with Gasteiger partial charge in [0.15, 0.2) is 0 Å². The van der Waals surface area contributed by atoms with Crippen molar-refractivity contribution >= 4 is 5.91 Å². The topological polar surface area (TPSA) is 46.3 Å². The summed E-state index contributed by atoms with van der Waals surface area (Å²) < 4.78 is 0. The molecule has 1 aromatic rings. The summed E-state index contributed by atoms with van der Waals surface area (Å²) in [4.78, 5) is 14.7. The molecule has 1 saturated carbocycles. The van der Waals surface area contributed by atoms with Gasteiger partial charge in [0, 0.05) is 13.1 Å². The van der Waals surface area contributed by atoms with Crippen LogP contribution in [-0.2, 0) is 11.2 Å². The summed E-state index contributed by atoms with van der Waals surface area (Å²) in [6.45, 7) is 0.698. The molecule has 3 heteroatoms. The molecule has 0 radical (unpaired) electrons. The fourth-order valence-corrected chi connectivity index (χ4v) is 3.86. The van der Waals surface area contributed by atoms with Crippen molar-refractivity contribution in [2.45, 2.75) is 44.1 Å². The van der Waals surface area contributed by atoms with Crippen LogP contribution in [0.4, 0.5) is 0 Å². The molecule has 3 rings (SSSR count). The van der Waals surface area contributed by atoms with E-state index in [1.807, 2.05) is 18.0 Å². The van der Waals surface area contributed by atoms with Crippen LogP contribution in [0.3, 0.4) is 0 Å². The minimum atomic E-state index is 0.0801. The Morgan fingerprint density at radius 3 is 2.80 bits per heavy atom. The van der Waals surface area contributed by atoms with E-state index in [9.17, 15) is 4.79 Å². The molecule has 0 saturated heterocycles. The zero-order valence-corrected chi connectivity index (χ0v) is 12.2. The van der Waals surface area contributed by atoms with E-state index in [0.29, 0.717) is 18.5 Å². The van der Waals surface area contributed by atoms with Crippen LogP contribution in [0.2, 0.25) is 0 Å². The number of nitrogens with zero attached hydrogens (tertiary/aromatic N) is 1. The average Bonchev–Trinajstić information content (AvgIpc) is 2.47. The Morgan fingerprint density at radius 2 is 2.05 bits per heavy atom. The van der Waals surface area contributed by atoms with Crippen molar-refractivity contribution in [2.24, 2.45) is 11.7 Å². The first-order valence-corrected chi connectivity index (χ1v) is 7.77. The predicted molar refractivity (Wildman–Crippen MR) is 80.5 cm³/mol.